The van der Waals surface area contributed by atoms with E-state index in [1.807, 2.05) is 30.3 Å². The predicted octanol–water partition coefficient (Wildman–Crippen LogP) is 1.90. The van der Waals surface area contributed by atoms with E-state index in [1.54, 1.807) is 21.0 Å². The molecule has 3 nitrogen and oxygen atoms in total. The summed E-state index contributed by atoms with van der Waals surface area (Å²) in [6.07, 6.45) is -1.09. The lowest BCUT2D eigenvalue weighted by Gasteiger charge is -2.30. The maximum atomic E-state index is 9.93. The first-order chi connectivity index (χ1) is 7.47. The maximum absolute atomic E-state index is 9.93. The summed E-state index contributed by atoms with van der Waals surface area (Å²) in [7, 11) is 1.55. The largest absolute Gasteiger partial charge is 0.390 e. The van der Waals surface area contributed by atoms with Gasteiger partial charge in [-0.25, -0.2) is 0 Å². The summed E-state index contributed by atoms with van der Waals surface area (Å²) in [6.45, 7) is 3.60. The van der Waals surface area contributed by atoms with Gasteiger partial charge in [0.1, 0.15) is 0 Å². The van der Waals surface area contributed by atoms with Gasteiger partial charge in [-0.15, -0.1) is 0 Å². The summed E-state index contributed by atoms with van der Waals surface area (Å²) in [4.78, 5) is 0. The lowest BCUT2D eigenvalue weighted by molar-refractivity contribution is -0.0927. The number of rotatable bonds is 5. The van der Waals surface area contributed by atoms with Gasteiger partial charge in [0.25, 0.3) is 0 Å². The molecule has 1 aromatic rings. The fourth-order valence-corrected chi connectivity index (χ4v) is 1.44. The summed E-state index contributed by atoms with van der Waals surface area (Å²) in [5.41, 5.74) is 0.170. The Labute approximate surface area is 96.7 Å². The standard InChI is InChI=1S/C13H20O3/c1-13(2,16-3)12(15)9-11(14)10-7-5-4-6-8-10/h4-8,11-12,14-15H,9H2,1-3H3. The van der Waals surface area contributed by atoms with Gasteiger partial charge >= 0.3 is 0 Å². The third-order valence-electron chi connectivity index (χ3n) is 2.96. The van der Waals surface area contributed by atoms with Gasteiger partial charge in [0.2, 0.25) is 0 Å². The molecule has 0 aromatic heterocycles. The number of aliphatic hydroxyl groups excluding tert-OH is 2. The maximum Gasteiger partial charge on any atom is 0.0881 e. The molecular weight excluding hydrogens is 204 g/mol. The van der Waals surface area contributed by atoms with Crippen LogP contribution >= 0.6 is 0 Å². The lowest BCUT2D eigenvalue weighted by atomic mass is 9.93. The van der Waals surface area contributed by atoms with Crippen molar-refractivity contribution in [3.8, 4) is 0 Å². The Balaban J connectivity index is 2.62. The molecule has 0 aliphatic rings. The number of hydrogen-bond donors (Lipinski definition) is 2. The summed E-state index contributed by atoms with van der Waals surface area (Å²) in [6, 6.07) is 9.32. The lowest BCUT2D eigenvalue weighted by Crippen LogP contribution is -2.39. The van der Waals surface area contributed by atoms with Gasteiger partial charge in [0.15, 0.2) is 0 Å². The van der Waals surface area contributed by atoms with Crippen LogP contribution in [-0.4, -0.2) is 29.0 Å². The molecule has 1 rings (SSSR count). The third kappa shape index (κ3) is 3.30. The first-order valence-electron chi connectivity index (χ1n) is 5.43. The fourth-order valence-electron chi connectivity index (χ4n) is 1.44. The molecule has 3 heteroatoms. The molecule has 0 saturated carbocycles. The summed E-state index contributed by atoms with van der Waals surface area (Å²) in [5.74, 6) is 0. The molecule has 0 radical (unpaired) electrons. The normalized spacial score (nSPS) is 15.8. The van der Waals surface area contributed by atoms with Crippen molar-refractivity contribution in [1.82, 2.24) is 0 Å². The number of methoxy groups -OCH3 is 1. The second kappa shape index (κ2) is 5.43. The van der Waals surface area contributed by atoms with Crippen molar-refractivity contribution in [2.24, 2.45) is 0 Å². The molecule has 0 spiro atoms. The van der Waals surface area contributed by atoms with E-state index in [9.17, 15) is 10.2 Å². The molecular formula is C13H20O3. The highest BCUT2D eigenvalue weighted by Gasteiger charge is 2.29. The van der Waals surface area contributed by atoms with Crippen LogP contribution in [0.25, 0.3) is 0 Å². The smallest absolute Gasteiger partial charge is 0.0881 e. The Hall–Kier alpha value is -0.900. The SMILES string of the molecule is COC(C)(C)C(O)CC(O)c1ccccc1. The van der Waals surface area contributed by atoms with E-state index in [1.165, 1.54) is 0 Å². The van der Waals surface area contributed by atoms with E-state index in [0.717, 1.165) is 5.56 Å². The zero-order valence-electron chi connectivity index (χ0n) is 10.1. The van der Waals surface area contributed by atoms with Crippen LogP contribution in [0.5, 0.6) is 0 Å². The van der Waals surface area contributed by atoms with E-state index in [4.69, 9.17) is 4.74 Å². The van der Waals surface area contributed by atoms with E-state index >= 15 is 0 Å². The Morgan fingerprint density at radius 2 is 1.75 bits per heavy atom. The Bertz CT molecular complexity index is 308. The van der Waals surface area contributed by atoms with Crippen molar-refractivity contribution in [2.75, 3.05) is 7.11 Å². The molecule has 0 aliphatic carbocycles. The van der Waals surface area contributed by atoms with Crippen LogP contribution in [0, 0.1) is 0 Å². The zero-order chi connectivity index (χ0) is 12.2. The van der Waals surface area contributed by atoms with Crippen LogP contribution in [-0.2, 0) is 4.74 Å². The first kappa shape index (κ1) is 13.2. The number of ether oxygens (including phenoxy) is 1. The van der Waals surface area contributed by atoms with Crippen molar-refractivity contribution in [1.29, 1.82) is 0 Å². The molecule has 2 N–H and O–H groups in total. The molecule has 90 valence electrons. The monoisotopic (exact) mass is 224 g/mol. The minimum Gasteiger partial charge on any atom is -0.390 e. The third-order valence-corrected chi connectivity index (χ3v) is 2.96. The second-order valence-electron chi connectivity index (χ2n) is 4.49. The Morgan fingerprint density at radius 3 is 2.25 bits per heavy atom. The van der Waals surface area contributed by atoms with Crippen LogP contribution in [0.1, 0.15) is 31.9 Å². The molecule has 0 heterocycles. The van der Waals surface area contributed by atoms with Crippen LogP contribution in [0.3, 0.4) is 0 Å². The Kier molecular flexibility index (Phi) is 4.47. The molecule has 16 heavy (non-hydrogen) atoms. The fraction of sp³-hybridized carbons (Fsp3) is 0.538. The van der Waals surface area contributed by atoms with Gasteiger partial charge in [-0.3, -0.25) is 0 Å². The molecule has 0 fully saturated rings. The average molecular weight is 224 g/mol. The first-order valence-corrected chi connectivity index (χ1v) is 5.43. The van der Waals surface area contributed by atoms with Gasteiger partial charge in [-0.2, -0.15) is 0 Å². The molecule has 0 saturated heterocycles. The van der Waals surface area contributed by atoms with Gasteiger partial charge < -0.3 is 14.9 Å². The predicted molar refractivity (Wildman–Crippen MR) is 63.1 cm³/mol. The number of hydrogen-bond acceptors (Lipinski definition) is 3. The van der Waals surface area contributed by atoms with Crippen LogP contribution in [0.4, 0.5) is 0 Å². The number of benzene rings is 1. The summed E-state index contributed by atoms with van der Waals surface area (Å²) < 4.78 is 5.18. The van der Waals surface area contributed by atoms with E-state index < -0.39 is 17.8 Å². The van der Waals surface area contributed by atoms with Gasteiger partial charge in [0.05, 0.1) is 17.8 Å². The van der Waals surface area contributed by atoms with Crippen LogP contribution in [0.15, 0.2) is 30.3 Å². The highest BCUT2D eigenvalue weighted by Crippen LogP contribution is 2.24. The van der Waals surface area contributed by atoms with Crippen molar-refractivity contribution in [2.45, 2.75) is 38.1 Å². The van der Waals surface area contributed by atoms with Crippen molar-refractivity contribution in [3.63, 3.8) is 0 Å². The second-order valence-corrected chi connectivity index (χ2v) is 4.49. The molecule has 1 aromatic carbocycles. The van der Waals surface area contributed by atoms with Crippen LogP contribution < -0.4 is 0 Å². The summed E-state index contributed by atoms with van der Waals surface area (Å²) >= 11 is 0. The van der Waals surface area contributed by atoms with Crippen molar-refractivity contribution < 1.29 is 14.9 Å². The quantitative estimate of drug-likeness (QED) is 0.803. The topological polar surface area (TPSA) is 49.7 Å². The molecule has 2 unspecified atom stereocenters. The van der Waals surface area contributed by atoms with Crippen molar-refractivity contribution >= 4 is 0 Å². The minimum atomic E-state index is -0.701. The molecule has 0 aliphatic heterocycles. The molecule has 2 atom stereocenters. The minimum absolute atomic E-state index is 0.269. The average Bonchev–Trinajstić information content (AvgIpc) is 2.30. The molecule has 0 bridgehead atoms. The Morgan fingerprint density at radius 1 is 1.19 bits per heavy atom. The van der Waals surface area contributed by atoms with Gasteiger partial charge in [-0.05, 0) is 19.4 Å². The van der Waals surface area contributed by atoms with E-state index in [2.05, 4.69) is 0 Å². The molecule has 0 amide bonds. The van der Waals surface area contributed by atoms with Gasteiger partial charge in [-0.1, -0.05) is 30.3 Å². The van der Waals surface area contributed by atoms with Crippen LogP contribution in [0.2, 0.25) is 0 Å². The van der Waals surface area contributed by atoms with E-state index in [0.29, 0.717) is 0 Å². The van der Waals surface area contributed by atoms with Gasteiger partial charge in [0, 0.05) is 13.5 Å². The highest BCUT2D eigenvalue weighted by atomic mass is 16.5. The summed E-state index contributed by atoms with van der Waals surface area (Å²) in [5, 5.41) is 19.9. The van der Waals surface area contributed by atoms with E-state index in [-0.39, 0.29) is 6.42 Å². The van der Waals surface area contributed by atoms with Crippen molar-refractivity contribution in [3.05, 3.63) is 35.9 Å². The highest BCUT2D eigenvalue weighted by molar-refractivity contribution is 5.17. The number of aliphatic hydroxyl groups is 2. The zero-order valence-corrected chi connectivity index (χ0v) is 10.1.